The molecule has 1 unspecified atom stereocenters. The van der Waals surface area contributed by atoms with Gasteiger partial charge in [-0.25, -0.2) is 0 Å². The van der Waals surface area contributed by atoms with Gasteiger partial charge in [-0.2, -0.15) is 0 Å². The van der Waals surface area contributed by atoms with E-state index < -0.39 is 0 Å². The molecule has 0 spiro atoms. The maximum absolute atomic E-state index is 6.08. The van der Waals surface area contributed by atoms with Crippen LogP contribution in [0, 0.1) is 5.41 Å². The van der Waals surface area contributed by atoms with Crippen molar-refractivity contribution in [1.82, 2.24) is 4.90 Å². The number of hydrogen-bond donors (Lipinski definition) is 0. The predicted octanol–water partition coefficient (Wildman–Crippen LogP) is 5.73. The largest absolute Gasteiger partial charge is 0.497 e. The van der Waals surface area contributed by atoms with Gasteiger partial charge in [0.2, 0.25) is 0 Å². The monoisotopic (exact) mass is 395 g/mol. The van der Waals surface area contributed by atoms with E-state index >= 15 is 0 Å². The summed E-state index contributed by atoms with van der Waals surface area (Å²) in [7, 11) is 1.72. The van der Waals surface area contributed by atoms with Crippen LogP contribution in [-0.4, -0.2) is 37.3 Å². The van der Waals surface area contributed by atoms with E-state index in [4.69, 9.17) is 9.47 Å². The Morgan fingerprint density at radius 2 is 1.72 bits per heavy atom. The molecule has 1 aliphatic rings. The second-order valence-electron chi connectivity index (χ2n) is 9.16. The molecule has 0 amide bonds. The van der Waals surface area contributed by atoms with Crippen molar-refractivity contribution < 1.29 is 9.47 Å². The molecule has 3 nitrogen and oxygen atoms in total. The van der Waals surface area contributed by atoms with Crippen molar-refractivity contribution >= 4 is 0 Å². The van der Waals surface area contributed by atoms with Crippen LogP contribution < -0.4 is 4.74 Å². The van der Waals surface area contributed by atoms with Gasteiger partial charge in [0, 0.05) is 13.2 Å². The number of methoxy groups -OCH3 is 1. The second kappa shape index (κ2) is 9.77. The van der Waals surface area contributed by atoms with Crippen molar-refractivity contribution in [3.63, 3.8) is 0 Å². The third-order valence-corrected chi connectivity index (χ3v) is 6.32. The zero-order valence-electron chi connectivity index (χ0n) is 18.6. The lowest BCUT2D eigenvalue weighted by Gasteiger charge is -2.46. The predicted molar refractivity (Wildman–Crippen MR) is 120 cm³/mol. The summed E-state index contributed by atoms with van der Waals surface area (Å²) in [5, 5.41) is 0. The highest BCUT2D eigenvalue weighted by Gasteiger charge is 2.40. The first-order valence-corrected chi connectivity index (χ1v) is 11.0. The van der Waals surface area contributed by atoms with Gasteiger partial charge in [0.15, 0.2) is 0 Å². The minimum atomic E-state index is -0.0416. The van der Waals surface area contributed by atoms with Crippen molar-refractivity contribution in [2.75, 3.05) is 26.8 Å². The standard InChI is InChI=1S/C26H37NO2/c1-5-27(20-23-11-13-24(28-4)14-12-23)17-15-26(16-18-29-25(2,3)21-26)19-22-9-7-6-8-10-22/h6-14H,5,15-21H2,1-4H3. The number of benzene rings is 2. The number of hydrogen-bond acceptors (Lipinski definition) is 3. The molecule has 1 aliphatic heterocycles. The molecule has 1 atom stereocenters. The highest BCUT2D eigenvalue weighted by Crippen LogP contribution is 2.44. The Bertz CT molecular complexity index is 741. The van der Waals surface area contributed by atoms with Gasteiger partial charge in [0.1, 0.15) is 5.75 Å². The second-order valence-corrected chi connectivity index (χ2v) is 9.16. The molecule has 2 aromatic carbocycles. The van der Waals surface area contributed by atoms with Gasteiger partial charge in [-0.15, -0.1) is 0 Å². The topological polar surface area (TPSA) is 21.7 Å². The Kier molecular flexibility index (Phi) is 7.37. The maximum Gasteiger partial charge on any atom is 0.118 e. The molecule has 0 saturated carbocycles. The summed E-state index contributed by atoms with van der Waals surface area (Å²) in [5.74, 6) is 0.919. The van der Waals surface area contributed by atoms with Crippen LogP contribution in [0.15, 0.2) is 54.6 Å². The average Bonchev–Trinajstić information content (AvgIpc) is 2.71. The molecule has 0 aliphatic carbocycles. The van der Waals surface area contributed by atoms with Crippen LogP contribution in [0.3, 0.4) is 0 Å². The SMILES string of the molecule is CCN(CCC1(Cc2ccccc2)CCOC(C)(C)C1)Cc1ccc(OC)cc1. The smallest absolute Gasteiger partial charge is 0.118 e. The van der Waals surface area contributed by atoms with E-state index in [9.17, 15) is 0 Å². The van der Waals surface area contributed by atoms with Gasteiger partial charge < -0.3 is 9.47 Å². The van der Waals surface area contributed by atoms with E-state index in [2.05, 4.69) is 80.3 Å². The van der Waals surface area contributed by atoms with Gasteiger partial charge in [0.25, 0.3) is 0 Å². The maximum atomic E-state index is 6.08. The number of rotatable bonds is 9. The third kappa shape index (κ3) is 6.32. The molecule has 0 radical (unpaired) electrons. The van der Waals surface area contributed by atoms with E-state index in [-0.39, 0.29) is 5.60 Å². The van der Waals surface area contributed by atoms with Crippen molar-refractivity contribution in [1.29, 1.82) is 0 Å². The van der Waals surface area contributed by atoms with Gasteiger partial charge in [-0.3, -0.25) is 4.90 Å². The summed E-state index contributed by atoms with van der Waals surface area (Å²) in [5.41, 5.74) is 3.05. The van der Waals surface area contributed by atoms with Crippen molar-refractivity contribution in [2.24, 2.45) is 5.41 Å². The Morgan fingerprint density at radius 3 is 2.34 bits per heavy atom. The molecule has 0 aromatic heterocycles. The normalized spacial score (nSPS) is 21.3. The fourth-order valence-corrected chi connectivity index (χ4v) is 4.80. The molecule has 3 rings (SSSR count). The van der Waals surface area contributed by atoms with E-state index in [0.29, 0.717) is 5.41 Å². The molecule has 0 N–H and O–H groups in total. The van der Waals surface area contributed by atoms with Crippen LogP contribution in [0.2, 0.25) is 0 Å². The highest BCUT2D eigenvalue weighted by atomic mass is 16.5. The van der Waals surface area contributed by atoms with Gasteiger partial charge in [-0.1, -0.05) is 49.4 Å². The molecule has 2 aromatic rings. The van der Waals surface area contributed by atoms with Crippen LogP contribution in [0.25, 0.3) is 0 Å². The van der Waals surface area contributed by atoms with E-state index in [1.165, 1.54) is 17.5 Å². The van der Waals surface area contributed by atoms with E-state index in [1.807, 2.05) is 0 Å². The summed E-state index contributed by atoms with van der Waals surface area (Å²) in [6.07, 6.45) is 4.61. The minimum Gasteiger partial charge on any atom is -0.497 e. The molecular weight excluding hydrogens is 358 g/mol. The van der Waals surface area contributed by atoms with Crippen molar-refractivity contribution in [3.05, 3.63) is 65.7 Å². The molecular formula is C26H37NO2. The third-order valence-electron chi connectivity index (χ3n) is 6.32. The summed E-state index contributed by atoms with van der Waals surface area (Å²) in [6.45, 7) is 10.8. The fourth-order valence-electron chi connectivity index (χ4n) is 4.80. The number of nitrogens with zero attached hydrogens (tertiary/aromatic N) is 1. The first-order chi connectivity index (χ1) is 13.9. The lowest BCUT2D eigenvalue weighted by Crippen LogP contribution is -2.44. The van der Waals surface area contributed by atoms with Gasteiger partial charge in [0.05, 0.1) is 12.7 Å². The molecule has 0 bridgehead atoms. The quantitative estimate of drug-likeness (QED) is 0.541. The van der Waals surface area contributed by atoms with Gasteiger partial charge in [-0.05, 0) is 81.3 Å². The van der Waals surface area contributed by atoms with Crippen molar-refractivity contribution in [2.45, 2.75) is 58.6 Å². The molecule has 29 heavy (non-hydrogen) atoms. The first kappa shape index (κ1) is 21.9. The molecule has 158 valence electrons. The van der Waals surface area contributed by atoms with Gasteiger partial charge >= 0.3 is 0 Å². The Labute approximate surface area is 177 Å². The molecule has 1 heterocycles. The summed E-state index contributed by atoms with van der Waals surface area (Å²) < 4.78 is 11.4. The lowest BCUT2D eigenvalue weighted by atomic mass is 9.68. The average molecular weight is 396 g/mol. The Hall–Kier alpha value is -1.84. The van der Waals surface area contributed by atoms with Crippen LogP contribution in [0.4, 0.5) is 0 Å². The van der Waals surface area contributed by atoms with E-state index in [1.54, 1.807) is 7.11 Å². The van der Waals surface area contributed by atoms with Crippen LogP contribution >= 0.6 is 0 Å². The zero-order chi connectivity index (χ0) is 20.7. The van der Waals surface area contributed by atoms with Crippen molar-refractivity contribution in [3.8, 4) is 5.75 Å². The minimum absolute atomic E-state index is 0.0416. The van der Waals surface area contributed by atoms with Crippen LogP contribution in [-0.2, 0) is 17.7 Å². The van der Waals surface area contributed by atoms with E-state index in [0.717, 1.165) is 51.3 Å². The highest BCUT2D eigenvalue weighted by molar-refractivity contribution is 5.27. The summed E-state index contributed by atoms with van der Waals surface area (Å²) in [6, 6.07) is 19.5. The zero-order valence-corrected chi connectivity index (χ0v) is 18.6. The lowest BCUT2D eigenvalue weighted by molar-refractivity contribution is -0.108. The number of ether oxygens (including phenoxy) is 2. The Morgan fingerprint density at radius 1 is 1.00 bits per heavy atom. The summed E-state index contributed by atoms with van der Waals surface area (Å²) in [4.78, 5) is 2.57. The first-order valence-electron chi connectivity index (χ1n) is 11.0. The fraction of sp³-hybridized carbons (Fsp3) is 0.538. The van der Waals surface area contributed by atoms with Crippen LogP contribution in [0.1, 0.15) is 51.2 Å². The molecule has 1 saturated heterocycles. The van der Waals surface area contributed by atoms with Crippen LogP contribution in [0.5, 0.6) is 5.75 Å². The molecule has 3 heteroatoms. The summed E-state index contributed by atoms with van der Waals surface area (Å²) >= 11 is 0. The Balaban J connectivity index is 1.69. The molecule has 1 fully saturated rings.